The third-order valence-corrected chi connectivity index (χ3v) is 6.10. The molecule has 0 spiro atoms. The van der Waals surface area contributed by atoms with E-state index in [0.717, 1.165) is 67.8 Å². The van der Waals surface area contributed by atoms with Crippen LogP contribution in [0.2, 0.25) is 0 Å². The van der Waals surface area contributed by atoms with Gasteiger partial charge in [0.25, 0.3) is 0 Å². The number of aromatic nitrogens is 4. The summed E-state index contributed by atoms with van der Waals surface area (Å²) in [6.45, 7) is 9.54. The molecule has 2 aliphatic rings. The molecule has 7 nitrogen and oxygen atoms in total. The van der Waals surface area contributed by atoms with E-state index in [4.69, 9.17) is 14.8 Å². The van der Waals surface area contributed by atoms with Crippen molar-refractivity contribution in [3.8, 4) is 5.82 Å². The molecule has 0 amide bonds. The van der Waals surface area contributed by atoms with Gasteiger partial charge in [-0.2, -0.15) is 5.10 Å². The molecule has 4 heterocycles. The topological polar surface area (TPSA) is 68.1 Å². The molecule has 1 aromatic carbocycles. The fourth-order valence-corrected chi connectivity index (χ4v) is 4.56. The Bertz CT molecular complexity index is 1020. The summed E-state index contributed by atoms with van der Waals surface area (Å²) in [6.07, 6.45) is 4.32. The lowest BCUT2D eigenvalue weighted by molar-refractivity contribution is 0.122. The van der Waals surface area contributed by atoms with Gasteiger partial charge in [0.15, 0.2) is 5.82 Å². The summed E-state index contributed by atoms with van der Waals surface area (Å²) in [5, 5.41) is 9.32. The molecular formula is C22H28N6O. The summed E-state index contributed by atoms with van der Waals surface area (Å²) < 4.78 is 7.46. The molecule has 29 heavy (non-hydrogen) atoms. The van der Waals surface area contributed by atoms with Crippen molar-refractivity contribution in [2.45, 2.75) is 32.6 Å². The zero-order valence-corrected chi connectivity index (χ0v) is 17.2. The third kappa shape index (κ3) is 3.60. The number of ether oxygens (including phenoxy) is 1. The van der Waals surface area contributed by atoms with Crippen LogP contribution in [0.1, 0.15) is 35.7 Å². The zero-order chi connectivity index (χ0) is 19.8. The van der Waals surface area contributed by atoms with E-state index in [0.29, 0.717) is 5.92 Å². The molecule has 2 aromatic heterocycles. The average Bonchev–Trinajstić information content (AvgIpc) is 3.16. The molecule has 1 N–H and O–H groups in total. The van der Waals surface area contributed by atoms with Crippen LogP contribution in [0.3, 0.4) is 0 Å². The van der Waals surface area contributed by atoms with Gasteiger partial charge in [-0.3, -0.25) is 0 Å². The Hall–Kier alpha value is -2.51. The van der Waals surface area contributed by atoms with Crippen LogP contribution in [-0.2, 0) is 4.74 Å². The number of anilines is 1. The second kappa shape index (κ2) is 7.72. The van der Waals surface area contributed by atoms with Gasteiger partial charge in [0.05, 0.1) is 24.9 Å². The van der Waals surface area contributed by atoms with Crippen molar-refractivity contribution >= 4 is 16.7 Å². The molecule has 2 aliphatic heterocycles. The first kappa shape index (κ1) is 18.5. The molecule has 0 unspecified atom stereocenters. The monoisotopic (exact) mass is 392 g/mol. The van der Waals surface area contributed by atoms with Crippen molar-refractivity contribution in [1.29, 1.82) is 0 Å². The molecule has 0 radical (unpaired) electrons. The van der Waals surface area contributed by atoms with E-state index in [9.17, 15) is 0 Å². The molecule has 3 aromatic rings. The smallest absolute Gasteiger partial charge is 0.159 e. The van der Waals surface area contributed by atoms with Gasteiger partial charge < -0.3 is 15.0 Å². The number of hydrogen-bond donors (Lipinski definition) is 1. The maximum atomic E-state index is 5.49. The summed E-state index contributed by atoms with van der Waals surface area (Å²) in [7, 11) is 0. The van der Waals surface area contributed by atoms with Crippen LogP contribution in [0.25, 0.3) is 16.7 Å². The van der Waals surface area contributed by atoms with Gasteiger partial charge in [-0.1, -0.05) is 0 Å². The van der Waals surface area contributed by atoms with E-state index in [1.807, 2.05) is 17.8 Å². The highest BCUT2D eigenvalue weighted by molar-refractivity contribution is 5.82. The largest absolute Gasteiger partial charge is 0.378 e. The van der Waals surface area contributed by atoms with Crippen molar-refractivity contribution in [3.63, 3.8) is 0 Å². The normalized spacial score (nSPS) is 18.5. The Labute approximate surface area is 171 Å². The van der Waals surface area contributed by atoms with Crippen LogP contribution < -0.4 is 10.2 Å². The van der Waals surface area contributed by atoms with Gasteiger partial charge in [-0.25, -0.2) is 14.6 Å². The summed E-state index contributed by atoms with van der Waals surface area (Å²) in [5.41, 5.74) is 3.92. The van der Waals surface area contributed by atoms with Gasteiger partial charge in [0, 0.05) is 24.5 Å². The van der Waals surface area contributed by atoms with Crippen LogP contribution in [0, 0.1) is 13.8 Å². The van der Waals surface area contributed by atoms with E-state index in [2.05, 4.69) is 40.3 Å². The predicted molar refractivity (Wildman–Crippen MR) is 114 cm³/mol. The van der Waals surface area contributed by atoms with Crippen molar-refractivity contribution in [2.24, 2.45) is 0 Å². The number of rotatable bonds is 3. The molecule has 2 fully saturated rings. The van der Waals surface area contributed by atoms with Crippen LogP contribution in [0.5, 0.6) is 0 Å². The Balaban J connectivity index is 1.57. The Morgan fingerprint density at radius 3 is 2.55 bits per heavy atom. The Morgan fingerprint density at radius 1 is 1.00 bits per heavy atom. The number of nitrogens with zero attached hydrogens (tertiary/aromatic N) is 5. The minimum Gasteiger partial charge on any atom is -0.378 e. The number of hydrogen-bond acceptors (Lipinski definition) is 6. The lowest BCUT2D eigenvalue weighted by atomic mass is 9.87. The number of morpholine rings is 1. The fraction of sp³-hybridized carbons (Fsp3) is 0.500. The number of piperidine rings is 1. The molecule has 152 valence electrons. The second-order valence-electron chi connectivity index (χ2n) is 8.08. The predicted octanol–water partition coefficient (Wildman–Crippen LogP) is 2.74. The standard InChI is InChI=1S/C22H28N6O/c1-15-11-18-14-24-28(20(18)12-19(15)17-3-5-23-6-4-17)22-13-21(25-16(2)26-22)27-7-9-29-10-8-27/h11-14,17,23H,3-10H2,1-2H3. The molecule has 2 saturated heterocycles. The highest BCUT2D eigenvalue weighted by Crippen LogP contribution is 2.32. The lowest BCUT2D eigenvalue weighted by Crippen LogP contribution is -2.37. The maximum absolute atomic E-state index is 5.49. The Kier molecular flexibility index (Phi) is 4.93. The first-order valence-electron chi connectivity index (χ1n) is 10.6. The minimum atomic E-state index is 0.611. The summed E-state index contributed by atoms with van der Waals surface area (Å²) >= 11 is 0. The van der Waals surface area contributed by atoms with E-state index in [-0.39, 0.29) is 0 Å². The van der Waals surface area contributed by atoms with E-state index in [1.54, 1.807) is 0 Å². The van der Waals surface area contributed by atoms with Crippen molar-refractivity contribution in [1.82, 2.24) is 25.1 Å². The van der Waals surface area contributed by atoms with E-state index >= 15 is 0 Å². The van der Waals surface area contributed by atoms with Gasteiger partial charge in [-0.05, 0) is 69.0 Å². The summed E-state index contributed by atoms with van der Waals surface area (Å²) in [6, 6.07) is 6.65. The van der Waals surface area contributed by atoms with Crippen LogP contribution in [0.15, 0.2) is 24.4 Å². The molecular weight excluding hydrogens is 364 g/mol. The number of aryl methyl sites for hydroxylation is 2. The van der Waals surface area contributed by atoms with Crippen molar-refractivity contribution < 1.29 is 4.74 Å². The molecule has 0 aliphatic carbocycles. The quantitative estimate of drug-likeness (QED) is 0.739. The summed E-state index contributed by atoms with van der Waals surface area (Å²) in [5.74, 6) is 3.15. The number of benzene rings is 1. The Morgan fingerprint density at radius 2 is 1.76 bits per heavy atom. The first-order valence-corrected chi connectivity index (χ1v) is 10.6. The van der Waals surface area contributed by atoms with Crippen LogP contribution in [-0.4, -0.2) is 59.1 Å². The summed E-state index contributed by atoms with van der Waals surface area (Å²) in [4.78, 5) is 11.6. The zero-order valence-electron chi connectivity index (χ0n) is 17.2. The van der Waals surface area contributed by atoms with Crippen molar-refractivity contribution in [3.05, 3.63) is 41.3 Å². The number of nitrogens with one attached hydrogen (secondary N) is 1. The van der Waals surface area contributed by atoms with Gasteiger partial charge in [0.2, 0.25) is 0 Å². The average molecular weight is 393 g/mol. The molecule has 0 saturated carbocycles. The van der Waals surface area contributed by atoms with Gasteiger partial charge in [0.1, 0.15) is 11.6 Å². The van der Waals surface area contributed by atoms with E-state index < -0.39 is 0 Å². The van der Waals surface area contributed by atoms with Gasteiger partial charge in [-0.15, -0.1) is 0 Å². The highest BCUT2D eigenvalue weighted by atomic mass is 16.5. The van der Waals surface area contributed by atoms with Gasteiger partial charge >= 0.3 is 0 Å². The van der Waals surface area contributed by atoms with Crippen LogP contribution >= 0.6 is 0 Å². The second-order valence-corrected chi connectivity index (χ2v) is 8.08. The SMILES string of the molecule is Cc1nc(N2CCOCC2)cc(-n2ncc3cc(C)c(C4CCNCC4)cc32)n1. The van der Waals surface area contributed by atoms with E-state index in [1.165, 1.54) is 24.0 Å². The maximum Gasteiger partial charge on any atom is 0.159 e. The number of fused-ring (bicyclic) bond motifs is 1. The molecule has 5 rings (SSSR count). The fourth-order valence-electron chi connectivity index (χ4n) is 4.56. The third-order valence-electron chi connectivity index (χ3n) is 6.10. The minimum absolute atomic E-state index is 0.611. The first-order chi connectivity index (χ1) is 14.2. The molecule has 0 atom stereocenters. The lowest BCUT2D eigenvalue weighted by Gasteiger charge is -2.28. The highest BCUT2D eigenvalue weighted by Gasteiger charge is 2.20. The molecule has 0 bridgehead atoms. The van der Waals surface area contributed by atoms with Crippen LogP contribution in [0.4, 0.5) is 5.82 Å². The van der Waals surface area contributed by atoms with Crippen molar-refractivity contribution in [2.75, 3.05) is 44.3 Å². The molecule has 7 heteroatoms.